The third-order valence-corrected chi connectivity index (χ3v) is 12.8. The fourth-order valence-electron chi connectivity index (χ4n) is 8.45. The molecule has 7 aromatic carbocycles. The Morgan fingerprint density at radius 2 is 0.321 bits per heavy atom. The second-order valence-electron chi connectivity index (χ2n) is 17.7. The van der Waals surface area contributed by atoms with E-state index < -0.39 is 0 Å². The second-order valence-corrected chi connectivity index (χ2v) is 17.7. The maximum Gasteiger partial charge on any atom is 0.120 e. The van der Waals surface area contributed by atoms with Gasteiger partial charge in [0.1, 0.15) is 67.6 Å². The van der Waals surface area contributed by atoms with Crippen molar-refractivity contribution in [1.82, 2.24) is 29.9 Å². The SMILES string of the molecule is COc1ccc(/C=C/c2nc3c4nc(/C=C/c5ccc(OC)cc5)c(/C=C/c5ccc(OC)cc5)nc4c4nc(/C=C/c5ccc(OC)cc5)c(/C=C/c5ccc(OC)cc5)nc4c3nc2/C=C/c2ccc(OC)cc2)cc1. The number of hydrogen-bond donors (Lipinski definition) is 0. The molecular formula is C66H54N6O6. The molecule has 0 radical (unpaired) electrons. The molecule has 0 saturated heterocycles. The third-order valence-electron chi connectivity index (χ3n) is 12.8. The van der Waals surface area contributed by atoms with Crippen LogP contribution in [0.4, 0.5) is 0 Å². The largest absolute Gasteiger partial charge is 0.497 e. The Balaban J connectivity index is 1.27. The summed E-state index contributed by atoms with van der Waals surface area (Å²) in [6, 6.07) is 47.0. The lowest BCUT2D eigenvalue weighted by atomic mass is 10.1. The summed E-state index contributed by atoms with van der Waals surface area (Å²) < 4.78 is 32.8. The zero-order valence-electron chi connectivity index (χ0n) is 43.9. The highest BCUT2D eigenvalue weighted by atomic mass is 16.5. The molecule has 0 aliphatic carbocycles. The standard InChI is InChI=1S/C66H54N6O6/c1-73-49-25-7-43(8-26-49)19-37-55-56(38-20-44-9-27-50(74-2)28-10-44)68-62-61(67-55)63-65(71-58(40-22-46-13-31-52(76-4)32-14-46)57(69-63)39-21-45-11-29-51(75-3)30-12-45)66-64(62)70-59(41-23-47-15-33-53(77-5)34-16-47)60(72-66)42-24-48-17-35-54(78-6)36-18-48/h7-42H,1-6H3/b37-19+,38-20+,39-21+,40-22+,41-23+,42-24+. The molecule has 0 N–H and O–H groups in total. The first-order valence-corrected chi connectivity index (χ1v) is 25.0. The van der Waals surface area contributed by atoms with Gasteiger partial charge in [0.15, 0.2) is 0 Å². The van der Waals surface area contributed by atoms with Crippen LogP contribution in [0.3, 0.4) is 0 Å². The molecule has 0 aliphatic rings. The van der Waals surface area contributed by atoms with Gasteiger partial charge >= 0.3 is 0 Å². The van der Waals surface area contributed by atoms with E-state index in [2.05, 4.69) is 0 Å². The van der Waals surface area contributed by atoms with Gasteiger partial charge in [-0.1, -0.05) is 109 Å². The second kappa shape index (κ2) is 24.0. The van der Waals surface area contributed by atoms with Gasteiger partial charge in [-0.25, -0.2) is 29.9 Å². The van der Waals surface area contributed by atoms with Gasteiger partial charge in [-0.2, -0.15) is 0 Å². The molecule has 12 nitrogen and oxygen atoms in total. The Morgan fingerprint density at radius 3 is 0.436 bits per heavy atom. The number of fused-ring (bicyclic) bond motifs is 6. The van der Waals surface area contributed by atoms with Gasteiger partial charge in [0.05, 0.1) is 76.8 Å². The Kier molecular flexibility index (Phi) is 15.8. The summed E-state index contributed by atoms with van der Waals surface area (Å²) in [4.78, 5) is 32.8. The number of ether oxygens (including phenoxy) is 6. The molecule has 0 unspecified atom stereocenters. The summed E-state index contributed by atoms with van der Waals surface area (Å²) in [5.41, 5.74) is 12.2. The molecule has 0 fully saturated rings. The van der Waals surface area contributed by atoms with Crippen LogP contribution in [0.5, 0.6) is 34.5 Å². The van der Waals surface area contributed by atoms with Crippen LogP contribution in [-0.2, 0) is 0 Å². The van der Waals surface area contributed by atoms with Crippen LogP contribution >= 0.6 is 0 Å². The first-order valence-electron chi connectivity index (χ1n) is 25.0. The van der Waals surface area contributed by atoms with Crippen molar-refractivity contribution in [1.29, 1.82) is 0 Å². The summed E-state index contributed by atoms with van der Waals surface area (Å²) in [5.74, 6) is 4.54. The van der Waals surface area contributed by atoms with Crippen molar-refractivity contribution in [2.45, 2.75) is 0 Å². The van der Waals surface area contributed by atoms with E-state index in [4.69, 9.17) is 58.3 Å². The van der Waals surface area contributed by atoms with Gasteiger partial charge in [-0.15, -0.1) is 0 Å². The van der Waals surface area contributed by atoms with E-state index in [1.165, 1.54) is 0 Å². The van der Waals surface area contributed by atoms with Crippen molar-refractivity contribution >= 4 is 106 Å². The molecule has 0 amide bonds. The zero-order valence-corrected chi connectivity index (χ0v) is 43.9. The lowest BCUT2D eigenvalue weighted by molar-refractivity contribution is 0.414. The zero-order chi connectivity index (χ0) is 53.8. The third kappa shape index (κ3) is 12.0. The van der Waals surface area contributed by atoms with E-state index in [-0.39, 0.29) is 0 Å². The summed E-state index contributed by atoms with van der Waals surface area (Å²) in [6.07, 6.45) is 23.8. The molecule has 10 aromatic rings. The molecule has 384 valence electrons. The molecule has 3 heterocycles. The number of benzene rings is 7. The highest BCUT2D eigenvalue weighted by Crippen LogP contribution is 2.34. The van der Waals surface area contributed by atoms with Gasteiger partial charge in [0.2, 0.25) is 0 Å². The van der Waals surface area contributed by atoms with E-state index in [9.17, 15) is 0 Å². The van der Waals surface area contributed by atoms with Crippen molar-refractivity contribution in [2.24, 2.45) is 0 Å². The van der Waals surface area contributed by atoms with Gasteiger partial charge in [0.25, 0.3) is 0 Å². The predicted molar refractivity (Wildman–Crippen MR) is 317 cm³/mol. The number of methoxy groups -OCH3 is 6. The fraction of sp³-hybridized carbons (Fsp3) is 0.0909. The van der Waals surface area contributed by atoms with Gasteiger partial charge in [-0.3, -0.25) is 0 Å². The maximum atomic E-state index is 5.47. The van der Waals surface area contributed by atoms with Crippen LogP contribution in [-0.4, -0.2) is 72.6 Å². The van der Waals surface area contributed by atoms with Gasteiger partial charge in [0, 0.05) is 0 Å². The van der Waals surface area contributed by atoms with Crippen LogP contribution in [0.25, 0.3) is 106 Å². The molecule has 0 atom stereocenters. The minimum atomic E-state index is 0.492. The van der Waals surface area contributed by atoms with E-state index in [0.717, 1.165) is 67.9 Å². The van der Waals surface area contributed by atoms with Crippen molar-refractivity contribution in [3.63, 3.8) is 0 Å². The van der Waals surface area contributed by atoms with Crippen LogP contribution < -0.4 is 28.4 Å². The van der Waals surface area contributed by atoms with E-state index in [0.29, 0.717) is 67.3 Å². The van der Waals surface area contributed by atoms with Crippen LogP contribution in [0, 0.1) is 0 Å². The summed E-state index contributed by atoms with van der Waals surface area (Å²) in [7, 11) is 9.91. The molecule has 0 spiro atoms. The Labute approximate surface area is 452 Å². The molecule has 3 aromatic heterocycles. The molecule has 0 aliphatic heterocycles. The van der Waals surface area contributed by atoms with E-state index in [1.54, 1.807) is 42.7 Å². The van der Waals surface area contributed by atoms with Crippen LogP contribution in [0.1, 0.15) is 67.5 Å². The quantitative estimate of drug-likeness (QED) is 0.0758. The average Bonchev–Trinajstić information content (AvgIpc) is 3.61. The monoisotopic (exact) mass is 1030 g/mol. The highest BCUT2D eigenvalue weighted by molar-refractivity contribution is 6.19. The van der Waals surface area contributed by atoms with E-state index >= 15 is 0 Å². The number of hydrogen-bond acceptors (Lipinski definition) is 12. The Morgan fingerprint density at radius 1 is 0.192 bits per heavy atom. The molecule has 12 heteroatoms. The van der Waals surface area contributed by atoms with Gasteiger partial charge < -0.3 is 28.4 Å². The number of rotatable bonds is 18. The molecule has 78 heavy (non-hydrogen) atoms. The van der Waals surface area contributed by atoms with Crippen molar-refractivity contribution in [3.05, 3.63) is 213 Å². The summed E-state index contributed by atoms with van der Waals surface area (Å²) in [5, 5.41) is 0. The summed E-state index contributed by atoms with van der Waals surface area (Å²) >= 11 is 0. The normalized spacial score (nSPS) is 11.9. The lowest BCUT2D eigenvalue weighted by Crippen LogP contribution is -2.04. The van der Waals surface area contributed by atoms with Crippen LogP contribution in [0.2, 0.25) is 0 Å². The lowest BCUT2D eigenvalue weighted by Gasteiger charge is -2.13. The minimum absolute atomic E-state index is 0.492. The predicted octanol–water partition coefficient (Wildman–Crippen LogP) is 14.6. The number of aromatic nitrogens is 6. The molecule has 0 bridgehead atoms. The van der Waals surface area contributed by atoms with E-state index in [1.807, 2.05) is 219 Å². The Bertz CT molecular complexity index is 3230. The highest BCUT2D eigenvalue weighted by Gasteiger charge is 2.21. The van der Waals surface area contributed by atoms with Crippen LogP contribution in [0.15, 0.2) is 146 Å². The van der Waals surface area contributed by atoms with Crippen molar-refractivity contribution < 1.29 is 28.4 Å². The van der Waals surface area contributed by atoms with Crippen molar-refractivity contribution in [3.8, 4) is 34.5 Å². The topological polar surface area (TPSA) is 133 Å². The fourth-order valence-corrected chi connectivity index (χ4v) is 8.45. The smallest absolute Gasteiger partial charge is 0.120 e. The molecule has 10 rings (SSSR count). The Hall–Kier alpha value is -10.2. The average molecular weight is 1030 g/mol. The van der Waals surface area contributed by atoms with Gasteiger partial charge in [-0.05, 0) is 143 Å². The summed E-state index contributed by atoms with van der Waals surface area (Å²) in [6.45, 7) is 0. The van der Waals surface area contributed by atoms with Crippen molar-refractivity contribution in [2.75, 3.05) is 42.7 Å². The number of nitrogens with zero attached hydrogens (tertiary/aromatic N) is 6. The molecule has 0 saturated carbocycles. The first kappa shape index (κ1) is 51.3. The minimum Gasteiger partial charge on any atom is -0.497 e. The maximum absolute atomic E-state index is 5.47. The molecular weight excluding hydrogens is 973 g/mol. The first-order chi connectivity index (χ1) is 38.3.